The molecule has 1 fully saturated rings. The number of hydrogen-bond acceptors (Lipinski definition) is 11. The number of rotatable bonds is 12. The van der Waals surface area contributed by atoms with Crippen molar-refractivity contribution in [2.24, 2.45) is 0 Å². The fourth-order valence-electron chi connectivity index (χ4n) is 3.02. The van der Waals surface area contributed by atoms with Crippen LogP contribution in [0.4, 0.5) is 0 Å². The van der Waals surface area contributed by atoms with Crippen LogP contribution in [0.3, 0.4) is 0 Å². The van der Waals surface area contributed by atoms with Gasteiger partial charge in [-0.2, -0.15) is 0 Å². The molecule has 13 nitrogen and oxygen atoms in total. The maximum Gasteiger partial charge on any atom is 0.337 e. The van der Waals surface area contributed by atoms with Gasteiger partial charge >= 0.3 is 11.9 Å². The first-order chi connectivity index (χ1) is 16.4. The Morgan fingerprint density at radius 1 is 1.17 bits per heavy atom. The fraction of sp³-hybridized carbons (Fsp3) is 0.591. The van der Waals surface area contributed by atoms with Crippen LogP contribution in [-0.2, 0) is 30.4 Å². The van der Waals surface area contributed by atoms with Gasteiger partial charge < -0.3 is 49.8 Å². The quantitative estimate of drug-likeness (QED) is 0.144. The Kier molecular flexibility index (Phi) is 10.4. The molecule has 1 saturated heterocycles. The summed E-state index contributed by atoms with van der Waals surface area (Å²) in [6.07, 6.45) is -6.25. The number of benzene rings is 1. The van der Waals surface area contributed by atoms with E-state index in [-0.39, 0.29) is 50.7 Å². The molecule has 6 N–H and O–H groups in total. The molecule has 0 bridgehead atoms. The number of carbonyl (C=O) groups excluding carboxylic acids is 2. The lowest BCUT2D eigenvalue weighted by atomic mass is 10.0. The van der Waals surface area contributed by atoms with Gasteiger partial charge in [0, 0.05) is 13.0 Å². The summed E-state index contributed by atoms with van der Waals surface area (Å²) >= 11 is 0. The zero-order valence-electron chi connectivity index (χ0n) is 19.4. The molecule has 2 rings (SSSR count). The summed E-state index contributed by atoms with van der Waals surface area (Å²) in [7, 11) is 0. The van der Waals surface area contributed by atoms with Gasteiger partial charge in [0.05, 0.1) is 31.5 Å². The molecular weight excluding hydrogens is 470 g/mol. The Morgan fingerprint density at radius 2 is 1.89 bits per heavy atom. The van der Waals surface area contributed by atoms with Gasteiger partial charge in [-0.15, -0.1) is 0 Å². The number of carboxylic acids is 1. The highest BCUT2D eigenvalue weighted by Crippen LogP contribution is 2.27. The minimum Gasteiger partial charge on any atom is -0.479 e. The van der Waals surface area contributed by atoms with E-state index in [1.165, 1.54) is 32.0 Å². The summed E-state index contributed by atoms with van der Waals surface area (Å²) in [5.74, 6) is -2.84. The number of esters is 1. The number of hydrogen-bond donors (Lipinski definition) is 6. The maximum atomic E-state index is 12.7. The fourth-order valence-corrected chi connectivity index (χ4v) is 3.02. The summed E-state index contributed by atoms with van der Waals surface area (Å²) < 4.78 is 20.9. The smallest absolute Gasteiger partial charge is 0.337 e. The SMILES string of the molecule is CC(C)(O)C(=O)OCCOCCNC(=O)c1cc(CO)ccc1O[C@H]1C[C@@H](O)[C@H](O)C(C(=O)O)O1. The number of aliphatic carboxylic acids is 1. The molecule has 0 aliphatic carbocycles. The van der Waals surface area contributed by atoms with Gasteiger partial charge in [0.2, 0.25) is 6.29 Å². The second-order valence-electron chi connectivity index (χ2n) is 8.29. The Hall–Kier alpha value is -2.81. The molecule has 0 saturated carbocycles. The van der Waals surface area contributed by atoms with Gasteiger partial charge in [0.1, 0.15) is 18.5 Å². The van der Waals surface area contributed by atoms with Gasteiger partial charge in [-0.3, -0.25) is 4.79 Å². The predicted molar refractivity (Wildman–Crippen MR) is 116 cm³/mol. The van der Waals surface area contributed by atoms with Gasteiger partial charge in [0.15, 0.2) is 11.7 Å². The average molecular weight is 501 g/mol. The first-order valence-electron chi connectivity index (χ1n) is 10.8. The molecule has 13 heteroatoms. The van der Waals surface area contributed by atoms with Crippen molar-refractivity contribution >= 4 is 17.8 Å². The molecule has 0 spiro atoms. The second kappa shape index (κ2) is 12.8. The standard InChI is InChI=1S/C22H31NO12/c1-22(2,31)21(30)33-8-7-32-6-5-23-19(27)13-9-12(11-24)3-4-15(13)34-16-10-14(25)17(26)18(35-16)20(28)29/h3-4,9,14,16-18,24-26,31H,5-8,10-11H2,1-2H3,(H,23,27)(H,28,29)/t14-,16-,17+,18?/m1/s1. The van der Waals surface area contributed by atoms with Crippen LogP contribution >= 0.6 is 0 Å². The molecular formula is C22H31NO12. The Balaban J connectivity index is 1.92. The number of ether oxygens (including phenoxy) is 4. The number of aliphatic hydroxyl groups excluding tert-OH is 3. The van der Waals surface area contributed by atoms with E-state index in [2.05, 4.69) is 5.32 Å². The number of carbonyl (C=O) groups is 3. The summed E-state index contributed by atoms with van der Waals surface area (Å²) in [6.45, 7) is 2.37. The molecule has 1 aromatic carbocycles. The molecule has 1 heterocycles. The van der Waals surface area contributed by atoms with Crippen molar-refractivity contribution in [2.75, 3.05) is 26.4 Å². The van der Waals surface area contributed by atoms with Crippen molar-refractivity contribution in [3.63, 3.8) is 0 Å². The predicted octanol–water partition coefficient (Wildman–Crippen LogP) is -1.46. The molecule has 0 radical (unpaired) electrons. The van der Waals surface area contributed by atoms with E-state index >= 15 is 0 Å². The summed E-state index contributed by atoms with van der Waals surface area (Å²) in [5.41, 5.74) is -1.17. The summed E-state index contributed by atoms with van der Waals surface area (Å²) in [6, 6.07) is 4.27. The molecule has 0 aromatic heterocycles. The first kappa shape index (κ1) is 28.4. The Bertz CT molecular complexity index is 884. The number of nitrogens with one attached hydrogen (secondary N) is 1. The lowest BCUT2D eigenvalue weighted by Gasteiger charge is -2.35. The third-order valence-corrected chi connectivity index (χ3v) is 4.90. The highest BCUT2D eigenvalue weighted by Gasteiger charge is 2.42. The van der Waals surface area contributed by atoms with E-state index in [1.807, 2.05) is 0 Å². The van der Waals surface area contributed by atoms with Crippen molar-refractivity contribution < 1.29 is 58.9 Å². The van der Waals surface area contributed by atoms with Crippen LogP contribution in [0.2, 0.25) is 0 Å². The van der Waals surface area contributed by atoms with E-state index in [4.69, 9.17) is 24.1 Å². The van der Waals surface area contributed by atoms with E-state index in [0.717, 1.165) is 0 Å². The topological polar surface area (TPSA) is 201 Å². The summed E-state index contributed by atoms with van der Waals surface area (Å²) in [5, 5.41) is 50.4. The highest BCUT2D eigenvalue weighted by molar-refractivity contribution is 5.97. The minimum atomic E-state index is -1.71. The number of aliphatic hydroxyl groups is 4. The van der Waals surface area contributed by atoms with Crippen LogP contribution in [0.25, 0.3) is 0 Å². The average Bonchev–Trinajstić information content (AvgIpc) is 2.79. The zero-order chi connectivity index (χ0) is 26.2. The van der Waals surface area contributed by atoms with Crippen LogP contribution in [-0.4, -0.2) is 99.9 Å². The molecule has 1 amide bonds. The van der Waals surface area contributed by atoms with E-state index in [9.17, 15) is 34.8 Å². The van der Waals surface area contributed by atoms with E-state index < -0.39 is 48.0 Å². The van der Waals surface area contributed by atoms with Gasteiger partial charge in [0.25, 0.3) is 5.91 Å². The Morgan fingerprint density at radius 3 is 2.51 bits per heavy atom. The molecule has 4 atom stereocenters. The lowest BCUT2D eigenvalue weighted by Crippen LogP contribution is -2.53. The molecule has 1 unspecified atom stereocenters. The van der Waals surface area contributed by atoms with Crippen molar-refractivity contribution in [1.29, 1.82) is 0 Å². The second-order valence-corrected chi connectivity index (χ2v) is 8.29. The van der Waals surface area contributed by atoms with Gasteiger partial charge in [-0.1, -0.05) is 6.07 Å². The normalized spacial score (nSPS) is 22.3. The van der Waals surface area contributed by atoms with E-state index in [0.29, 0.717) is 5.56 Å². The molecule has 1 aromatic rings. The van der Waals surface area contributed by atoms with Crippen LogP contribution in [0.5, 0.6) is 5.75 Å². The van der Waals surface area contributed by atoms with Crippen LogP contribution in [0, 0.1) is 0 Å². The molecule has 1 aliphatic rings. The van der Waals surface area contributed by atoms with Crippen molar-refractivity contribution in [1.82, 2.24) is 5.32 Å². The lowest BCUT2D eigenvalue weighted by molar-refractivity contribution is -0.228. The monoisotopic (exact) mass is 501 g/mol. The molecule has 196 valence electrons. The number of carboxylic acid groups (broad SMARTS) is 1. The maximum absolute atomic E-state index is 12.7. The highest BCUT2D eigenvalue weighted by atomic mass is 16.7. The molecule has 1 aliphatic heterocycles. The van der Waals surface area contributed by atoms with Gasteiger partial charge in [-0.05, 0) is 31.5 Å². The van der Waals surface area contributed by atoms with Crippen molar-refractivity contribution in [3.8, 4) is 5.75 Å². The summed E-state index contributed by atoms with van der Waals surface area (Å²) in [4.78, 5) is 35.4. The number of amides is 1. The van der Waals surface area contributed by atoms with Crippen LogP contribution < -0.4 is 10.1 Å². The van der Waals surface area contributed by atoms with Crippen LogP contribution in [0.15, 0.2) is 18.2 Å². The largest absolute Gasteiger partial charge is 0.479 e. The third-order valence-electron chi connectivity index (χ3n) is 4.90. The van der Waals surface area contributed by atoms with Crippen molar-refractivity contribution in [2.45, 2.75) is 57.1 Å². The minimum absolute atomic E-state index is 0.0110. The zero-order valence-corrected chi connectivity index (χ0v) is 19.4. The molecule has 35 heavy (non-hydrogen) atoms. The van der Waals surface area contributed by atoms with Crippen molar-refractivity contribution in [3.05, 3.63) is 29.3 Å². The van der Waals surface area contributed by atoms with E-state index in [1.54, 1.807) is 0 Å². The van der Waals surface area contributed by atoms with Crippen LogP contribution in [0.1, 0.15) is 36.2 Å². The Labute approximate surface area is 201 Å². The van der Waals surface area contributed by atoms with Gasteiger partial charge in [-0.25, -0.2) is 9.59 Å². The third kappa shape index (κ3) is 8.42. The first-order valence-corrected chi connectivity index (χ1v) is 10.8.